The number of aromatic nitrogens is 4. The second-order valence-electron chi connectivity index (χ2n) is 5.16. The molecule has 1 heterocycles. The maximum absolute atomic E-state index is 11.7. The van der Waals surface area contributed by atoms with Gasteiger partial charge in [0.2, 0.25) is 5.82 Å². The summed E-state index contributed by atoms with van der Waals surface area (Å²) in [5.41, 5.74) is 0.809. The zero-order valence-electron chi connectivity index (χ0n) is 12.5. The molecule has 0 fully saturated rings. The first-order valence-corrected chi connectivity index (χ1v) is 6.95. The lowest BCUT2D eigenvalue weighted by Crippen LogP contribution is -2.42. The van der Waals surface area contributed by atoms with E-state index in [-0.39, 0.29) is 6.54 Å². The molecule has 8 nitrogen and oxygen atoms in total. The number of nitrogens with zero attached hydrogens (tertiary/aromatic N) is 4. The summed E-state index contributed by atoms with van der Waals surface area (Å²) in [7, 11) is 0. The number of imide groups is 1. The third-order valence-electron chi connectivity index (χ3n) is 2.69. The highest BCUT2D eigenvalue weighted by Crippen LogP contribution is 2.11. The Hall–Kier alpha value is -2.77. The van der Waals surface area contributed by atoms with Gasteiger partial charge in [-0.2, -0.15) is 4.80 Å². The molecule has 22 heavy (non-hydrogen) atoms. The van der Waals surface area contributed by atoms with Crippen LogP contribution >= 0.6 is 0 Å². The van der Waals surface area contributed by atoms with Gasteiger partial charge < -0.3 is 5.32 Å². The third-order valence-corrected chi connectivity index (χ3v) is 2.69. The van der Waals surface area contributed by atoms with E-state index in [2.05, 4.69) is 26.0 Å². The highest BCUT2D eigenvalue weighted by molar-refractivity contribution is 5.94. The Kier molecular flexibility index (Phi) is 5.18. The van der Waals surface area contributed by atoms with E-state index in [0.717, 1.165) is 10.4 Å². The lowest BCUT2D eigenvalue weighted by molar-refractivity contribution is -0.121. The standard InChI is InChI=1S/C14H18N6O2/c1-10(2)8-15-14(22)16-12(21)9-20-18-13(17-19-20)11-6-4-3-5-7-11/h3-7,10H,8-9H2,1-2H3,(H2,15,16,21,22). The van der Waals surface area contributed by atoms with Crippen molar-refractivity contribution in [3.8, 4) is 11.4 Å². The molecular weight excluding hydrogens is 284 g/mol. The van der Waals surface area contributed by atoms with Crippen molar-refractivity contribution in [2.75, 3.05) is 6.54 Å². The van der Waals surface area contributed by atoms with Crippen LogP contribution in [0.5, 0.6) is 0 Å². The topological polar surface area (TPSA) is 102 Å². The van der Waals surface area contributed by atoms with Gasteiger partial charge in [0.15, 0.2) is 0 Å². The fourth-order valence-corrected chi connectivity index (χ4v) is 1.65. The van der Waals surface area contributed by atoms with Crippen molar-refractivity contribution >= 4 is 11.9 Å². The van der Waals surface area contributed by atoms with Crippen LogP contribution in [0, 0.1) is 5.92 Å². The molecule has 116 valence electrons. The van der Waals surface area contributed by atoms with Crippen LogP contribution < -0.4 is 10.6 Å². The van der Waals surface area contributed by atoms with Crippen molar-refractivity contribution < 1.29 is 9.59 Å². The summed E-state index contributed by atoms with van der Waals surface area (Å²) in [6.07, 6.45) is 0. The lowest BCUT2D eigenvalue weighted by atomic mass is 10.2. The first kappa shape index (κ1) is 15.6. The molecule has 2 N–H and O–H groups in total. The zero-order chi connectivity index (χ0) is 15.9. The van der Waals surface area contributed by atoms with E-state index in [1.165, 1.54) is 0 Å². The van der Waals surface area contributed by atoms with Crippen molar-refractivity contribution in [3.63, 3.8) is 0 Å². The monoisotopic (exact) mass is 302 g/mol. The van der Waals surface area contributed by atoms with Gasteiger partial charge in [0.1, 0.15) is 6.54 Å². The average molecular weight is 302 g/mol. The Bertz CT molecular complexity index is 638. The minimum absolute atomic E-state index is 0.172. The summed E-state index contributed by atoms with van der Waals surface area (Å²) in [5.74, 6) is 0.238. The highest BCUT2D eigenvalue weighted by Gasteiger charge is 2.11. The van der Waals surface area contributed by atoms with Crippen molar-refractivity contribution in [1.82, 2.24) is 30.8 Å². The van der Waals surface area contributed by atoms with E-state index in [1.807, 2.05) is 44.2 Å². The molecular formula is C14H18N6O2. The van der Waals surface area contributed by atoms with Crippen LogP contribution in [0.1, 0.15) is 13.8 Å². The summed E-state index contributed by atoms with van der Waals surface area (Å²) in [6, 6.07) is 8.78. The molecule has 0 atom stereocenters. The van der Waals surface area contributed by atoms with Crippen molar-refractivity contribution in [2.45, 2.75) is 20.4 Å². The number of carbonyl (C=O) groups is 2. The van der Waals surface area contributed by atoms with Gasteiger partial charge in [0.25, 0.3) is 5.91 Å². The number of nitrogens with one attached hydrogen (secondary N) is 2. The molecule has 0 saturated heterocycles. The molecule has 2 aromatic rings. The van der Waals surface area contributed by atoms with E-state index < -0.39 is 11.9 Å². The van der Waals surface area contributed by atoms with Gasteiger partial charge >= 0.3 is 6.03 Å². The van der Waals surface area contributed by atoms with Crippen LogP contribution in [-0.4, -0.2) is 38.7 Å². The summed E-state index contributed by atoms with van der Waals surface area (Å²) < 4.78 is 0. The highest BCUT2D eigenvalue weighted by atomic mass is 16.2. The molecule has 0 saturated carbocycles. The number of hydrogen-bond donors (Lipinski definition) is 2. The van der Waals surface area contributed by atoms with E-state index in [1.54, 1.807) is 0 Å². The fourth-order valence-electron chi connectivity index (χ4n) is 1.65. The minimum atomic E-state index is -0.526. The van der Waals surface area contributed by atoms with Gasteiger partial charge in [-0.05, 0) is 11.1 Å². The molecule has 8 heteroatoms. The van der Waals surface area contributed by atoms with Gasteiger partial charge in [0.05, 0.1) is 0 Å². The first-order chi connectivity index (χ1) is 10.5. The van der Waals surface area contributed by atoms with Crippen LogP contribution in [-0.2, 0) is 11.3 Å². The third kappa shape index (κ3) is 4.65. The van der Waals surface area contributed by atoms with Crippen LogP contribution in [0.25, 0.3) is 11.4 Å². The molecule has 2 rings (SSSR count). The van der Waals surface area contributed by atoms with Gasteiger partial charge in [0, 0.05) is 12.1 Å². The van der Waals surface area contributed by atoms with Crippen molar-refractivity contribution in [3.05, 3.63) is 30.3 Å². The van der Waals surface area contributed by atoms with Crippen molar-refractivity contribution in [2.24, 2.45) is 5.92 Å². The summed E-state index contributed by atoms with van der Waals surface area (Å²) >= 11 is 0. The van der Waals surface area contributed by atoms with E-state index >= 15 is 0 Å². The predicted molar refractivity (Wildman–Crippen MR) is 79.6 cm³/mol. The van der Waals surface area contributed by atoms with E-state index in [9.17, 15) is 9.59 Å². The molecule has 0 radical (unpaired) electrons. The molecule has 0 unspecified atom stereocenters. The molecule has 0 bridgehead atoms. The zero-order valence-corrected chi connectivity index (χ0v) is 12.5. The summed E-state index contributed by atoms with van der Waals surface area (Å²) in [5, 5.41) is 16.6. The smallest absolute Gasteiger partial charge is 0.321 e. The Labute approximate surface area is 127 Å². The molecule has 1 aromatic carbocycles. The number of urea groups is 1. The van der Waals surface area contributed by atoms with Crippen LogP contribution in [0.4, 0.5) is 4.79 Å². The minimum Gasteiger partial charge on any atom is -0.338 e. The number of amides is 3. The fraction of sp³-hybridized carbons (Fsp3) is 0.357. The number of rotatable bonds is 5. The molecule has 0 aliphatic carbocycles. The molecule has 1 aromatic heterocycles. The Balaban J connectivity index is 1.87. The quantitative estimate of drug-likeness (QED) is 0.851. The number of carbonyl (C=O) groups excluding carboxylic acids is 2. The van der Waals surface area contributed by atoms with Gasteiger partial charge in [-0.15, -0.1) is 10.2 Å². The maximum Gasteiger partial charge on any atom is 0.321 e. The number of tetrazole rings is 1. The Morgan fingerprint density at radius 2 is 1.95 bits per heavy atom. The van der Waals surface area contributed by atoms with E-state index in [4.69, 9.17) is 0 Å². The molecule has 3 amide bonds. The van der Waals surface area contributed by atoms with Crippen LogP contribution in [0.2, 0.25) is 0 Å². The summed E-state index contributed by atoms with van der Waals surface area (Å²) in [4.78, 5) is 24.3. The van der Waals surface area contributed by atoms with Crippen LogP contribution in [0.3, 0.4) is 0 Å². The van der Waals surface area contributed by atoms with E-state index in [0.29, 0.717) is 18.3 Å². The first-order valence-electron chi connectivity index (χ1n) is 6.95. The maximum atomic E-state index is 11.7. The SMILES string of the molecule is CC(C)CNC(=O)NC(=O)Cn1nnc(-c2ccccc2)n1. The normalized spacial score (nSPS) is 10.5. The largest absolute Gasteiger partial charge is 0.338 e. The van der Waals surface area contributed by atoms with Crippen molar-refractivity contribution in [1.29, 1.82) is 0 Å². The Morgan fingerprint density at radius 1 is 1.23 bits per heavy atom. The average Bonchev–Trinajstić information content (AvgIpc) is 2.94. The summed E-state index contributed by atoms with van der Waals surface area (Å²) in [6.45, 7) is 4.26. The predicted octanol–water partition coefficient (Wildman–Crippen LogP) is 0.822. The lowest BCUT2D eigenvalue weighted by Gasteiger charge is -2.07. The van der Waals surface area contributed by atoms with Crippen LogP contribution in [0.15, 0.2) is 30.3 Å². The molecule has 0 aliphatic heterocycles. The molecule has 0 spiro atoms. The van der Waals surface area contributed by atoms with Gasteiger partial charge in [-0.1, -0.05) is 44.2 Å². The van der Waals surface area contributed by atoms with Gasteiger partial charge in [-0.25, -0.2) is 4.79 Å². The Morgan fingerprint density at radius 3 is 2.64 bits per heavy atom. The van der Waals surface area contributed by atoms with Gasteiger partial charge in [-0.3, -0.25) is 10.1 Å². The second kappa shape index (κ2) is 7.30. The molecule has 0 aliphatic rings. The number of benzene rings is 1. The second-order valence-corrected chi connectivity index (χ2v) is 5.16. The number of hydrogen-bond acceptors (Lipinski definition) is 5.